The van der Waals surface area contributed by atoms with Crippen LogP contribution in [0.3, 0.4) is 0 Å². The SMILES string of the molecule is Cc1cccc(C)c1-c1c2cc(-c3ccc(/C=c4/ccc(=C5C(=O)C(=O)C5=O)s4)s3)sc2c(-c2c(C)cccc2C)c2cc(-c3ccc(/C=c4/ccc(=C5C(=O)C(=O)C5=O)s4)s3)sc12. The molecule has 0 amide bonds. The zero-order valence-corrected chi connectivity index (χ0v) is 39.2. The number of carbonyl (C=O) groups excluding carboxylic acids is 6. The minimum absolute atomic E-state index is 0.00945. The molecule has 6 aromatic heterocycles. The van der Waals surface area contributed by atoms with E-state index in [-0.39, 0.29) is 11.1 Å². The second-order valence-corrected chi connectivity index (χ2v) is 22.4. The number of hydrogen-bond donors (Lipinski definition) is 0. The fourth-order valence-electron chi connectivity index (χ4n) is 8.65. The molecule has 0 bridgehead atoms. The van der Waals surface area contributed by atoms with Crippen molar-refractivity contribution >= 4 is 146 Å². The first-order chi connectivity index (χ1) is 30.8. The Bertz CT molecular complexity index is 3520. The normalized spacial score (nSPS) is 14.9. The molecule has 0 atom stereocenters. The molecule has 0 radical (unpaired) electrons. The van der Waals surface area contributed by atoms with Gasteiger partial charge in [0, 0.05) is 78.7 Å². The second kappa shape index (κ2) is 15.3. The van der Waals surface area contributed by atoms with E-state index in [0.717, 1.165) is 38.3 Å². The highest BCUT2D eigenvalue weighted by atomic mass is 32.1. The van der Waals surface area contributed by atoms with Gasteiger partial charge in [-0.3, -0.25) is 28.8 Å². The summed E-state index contributed by atoms with van der Waals surface area (Å²) >= 11 is 9.68. The predicted octanol–water partition coefficient (Wildman–Crippen LogP) is 9.66. The smallest absolute Gasteiger partial charge is 0.274 e. The second-order valence-electron chi connectivity index (χ2n) is 15.8. The van der Waals surface area contributed by atoms with E-state index in [2.05, 4.69) is 113 Å². The number of benzene rings is 3. The molecule has 3 aromatic carbocycles. The Balaban J connectivity index is 1.09. The van der Waals surface area contributed by atoms with Gasteiger partial charge in [-0.1, -0.05) is 36.4 Å². The third kappa shape index (κ3) is 6.42. The molecule has 64 heavy (non-hydrogen) atoms. The summed E-state index contributed by atoms with van der Waals surface area (Å²) in [5.74, 6) is -4.70. The summed E-state index contributed by atoms with van der Waals surface area (Å²) in [5.41, 5.74) is 9.73. The van der Waals surface area contributed by atoms with Crippen LogP contribution in [0.2, 0.25) is 0 Å². The molecule has 0 spiro atoms. The Labute approximate surface area is 388 Å². The molecule has 0 saturated heterocycles. The summed E-state index contributed by atoms with van der Waals surface area (Å²) in [6.07, 6.45) is 4.11. The number of fused-ring (bicyclic) bond motifs is 2. The van der Waals surface area contributed by atoms with Crippen LogP contribution < -0.4 is 18.1 Å². The average Bonchev–Trinajstić information content (AvgIpc) is 4.14. The number of aryl methyl sites for hydroxylation is 4. The van der Waals surface area contributed by atoms with Gasteiger partial charge in [0.15, 0.2) is 0 Å². The number of thiophene rings is 6. The van der Waals surface area contributed by atoms with E-state index in [0.29, 0.717) is 9.06 Å². The zero-order chi connectivity index (χ0) is 44.3. The van der Waals surface area contributed by atoms with Gasteiger partial charge in [0.25, 0.3) is 11.6 Å². The lowest BCUT2D eigenvalue weighted by molar-refractivity contribution is -0.144. The molecule has 2 aliphatic rings. The van der Waals surface area contributed by atoms with E-state index < -0.39 is 34.7 Å². The summed E-state index contributed by atoms with van der Waals surface area (Å²) in [7, 11) is 0. The predicted molar refractivity (Wildman–Crippen MR) is 265 cm³/mol. The van der Waals surface area contributed by atoms with Crippen molar-refractivity contribution in [3.63, 3.8) is 0 Å². The van der Waals surface area contributed by atoms with Gasteiger partial charge in [0.2, 0.25) is 23.1 Å². The van der Waals surface area contributed by atoms with E-state index in [1.165, 1.54) is 87.4 Å². The van der Waals surface area contributed by atoms with E-state index >= 15 is 0 Å². The van der Waals surface area contributed by atoms with Crippen LogP contribution in [0.15, 0.2) is 97.1 Å². The lowest BCUT2D eigenvalue weighted by Crippen LogP contribution is -2.43. The summed E-state index contributed by atoms with van der Waals surface area (Å²) < 4.78 is 5.29. The number of rotatable bonds is 6. The summed E-state index contributed by atoms with van der Waals surface area (Å²) in [4.78, 5) is 78.2. The molecule has 310 valence electrons. The molecule has 0 N–H and O–H groups in total. The highest BCUT2D eigenvalue weighted by Gasteiger charge is 2.44. The number of hydrogen-bond acceptors (Lipinski definition) is 12. The van der Waals surface area contributed by atoms with Crippen molar-refractivity contribution in [2.24, 2.45) is 0 Å². The highest BCUT2D eigenvalue weighted by Crippen LogP contribution is 2.54. The monoisotopic (exact) mass is 942 g/mol. The third-order valence-corrected chi connectivity index (χ3v) is 18.6. The van der Waals surface area contributed by atoms with Crippen molar-refractivity contribution < 1.29 is 28.8 Å². The van der Waals surface area contributed by atoms with Gasteiger partial charge in [-0.05, 0) is 134 Å². The molecule has 0 unspecified atom stereocenters. The highest BCUT2D eigenvalue weighted by molar-refractivity contribution is 7.28. The van der Waals surface area contributed by atoms with Crippen LogP contribution in [-0.2, 0) is 28.8 Å². The van der Waals surface area contributed by atoms with Crippen molar-refractivity contribution in [1.82, 2.24) is 0 Å². The molecule has 2 fully saturated rings. The van der Waals surface area contributed by atoms with Crippen molar-refractivity contribution in [3.05, 3.63) is 147 Å². The van der Waals surface area contributed by atoms with Crippen LogP contribution in [0.5, 0.6) is 0 Å². The fraction of sp³-hybridized carbons (Fsp3) is 0.0769. The molecule has 0 aliphatic heterocycles. The van der Waals surface area contributed by atoms with E-state index in [1.54, 1.807) is 34.8 Å². The molecule has 12 heteroatoms. The first-order valence-corrected chi connectivity index (χ1v) is 25.0. The minimum atomic E-state index is -0.940. The molecule has 6 nitrogen and oxygen atoms in total. The minimum Gasteiger partial charge on any atom is -0.285 e. The van der Waals surface area contributed by atoms with Crippen molar-refractivity contribution in [2.45, 2.75) is 27.7 Å². The molecule has 9 aromatic rings. The van der Waals surface area contributed by atoms with E-state index in [9.17, 15) is 28.8 Å². The summed E-state index contributed by atoms with van der Waals surface area (Å²) in [6, 6.07) is 33.5. The maximum Gasteiger partial charge on any atom is 0.274 e. The molecular formula is C52H30O6S6. The van der Waals surface area contributed by atoms with Gasteiger partial charge in [-0.15, -0.1) is 68.0 Å². The molecule has 2 aliphatic carbocycles. The van der Waals surface area contributed by atoms with Crippen LogP contribution >= 0.6 is 68.0 Å². The van der Waals surface area contributed by atoms with Crippen molar-refractivity contribution in [2.75, 3.05) is 0 Å². The van der Waals surface area contributed by atoms with E-state index in [1.807, 2.05) is 34.8 Å². The quantitative estimate of drug-likeness (QED) is 0.154. The number of Topliss-reactive ketones (excluding diaryl/α,β-unsaturated/α-hetero) is 6. The van der Waals surface area contributed by atoms with Crippen LogP contribution in [-0.4, -0.2) is 34.7 Å². The fourth-order valence-corrected chi connectivity index (χ4v) is 15.3. The van der Waals surface area contributed by atoms with Crippen molar-refractivity contribution in [3.8, 4) is 41.8 Å². The Morgan fingerprint density at radius 2 is 0.734 bits per heavy atom. The van der Waals surface area contributed by atoms with Crippen molar-refractivity contribution in [1.29, 1.82) is 0 Å². The molecule has 11 rings (SSSR count). The Morgan fingerprint density at radius 1 is 0.359 bits per heavy atom. The summed E-state index contributed by atoms with van der Waals surface area (Å²) in [6.45, 7) is 8.76. The number of carbonyl (C=O) groups is 6. The lowest BCUT2D eigenvalue weighted by Gasteiger charge is -2.18. The lowest BCUT2D eigenvalue weighted by atomic mass is 9.87. The topological polar surface area (TPSA) is 102 Å². The largest absolute Gasteiger partial charge is 0.285 e. The van der Waals surface area contributed by atoms with Crippen LogP contribution in [0.25, 0.3) is 85.2 Å². The Kier molecular flexibility index (Phi) is 9.69. The maximum atomic E-state index is 12.1. The standard InChI is InChI=1S/C52H30O6S6/c1-23-7-5-8-24(2)39(23)41-31-21-37(33-15-11-27(59-33)19-29-13-17-35(61-29)43-45(53)49(57)46(43)54)64-52(31)42(40-25(3)9-6-10-26(40)4)32-22-38(63-51(32)41)34-16-12-28(60-34)20-30-14-18-36(62-30)44-47(55)50(58)48(44)56/h5-22H,1-4H3/b29-19-,30-20-. The van der Waals surface area contributed by atoms with Gasteiger partial charge < -0.3 is 0 Å². The summed E-state index contributed by atoms with van der Waals surface area (Å²) in [5, 5.41) is 2.41. The third-order valence-electron chi connectivity index (χ3n) is 11.7. The first kappa shape index (κ1) is 40.6. The van der Waals surface area contributed by atoms with Gasteiger partial charge in [0.1, 0.15) is 0 Å². The van der Waals surface area contributed by atoms with Gasteiger partial charge in [0.05, 0.1) is 11.1 Å². The van der Waals surface area contributed by atoms with E-state index in [4.69, 9.17) is 0 Å². The maximum absolute atomic E-state index is 12.1. The molecule has 6 heterocycles. The Hall–Kier alpha value is -6.12. The van der Waals surface area contributed by atoms with Gasteiger partial charge >= 0.3 is 0 Å². The van der Waals surface area contributed by atoms with Crippen LogP contribution in [0.1, 0.15) is 32.0 Å². The van der Waals surface area contributed by atoms with Gasteiger partial charge in [-0.2, -0.15) is 0 Å². The van der Waals surface area contributed by atoms with Gasteiger partial charge in [-0.25, -0.2) is 0 Å². The molecule has 2 saturated carbocycles. The number of ketones is 6. The van der Waals surface area contributed by atoms with Crippen LogP contribution in [0, 0.1) is 27.7 Å². The average molecular weight is 943 g/mol. The van der Waals surface area contributed by atoms with Crippen LogP contribution in [0.4, 0.5) is 0 Å². The zero-order valence-electron chi connectivity index (χ0n) is 34.3. The Morgan fingerprint density at radius 3 is 1.11 bits per heavy atom. The molecular weight excluding hydrogens is 913 g/mol. The first-order valence-electron chi connectivity index (χ1n) is 20.1.